The van der Waals surface area contributed by atoms with Crippen LogP contribution in [0.25, 0.3) is 27.9 Å². The number of anilines is 2. The van der Waals surface area contributed by atoms with Crippen molar-refractivity contribution in [1.29, 1.82) is 5.41 Å². The Labute approximate surface area is 215 Å². The van der Waals surface area contributed by atoms with Gasteiger partial charge in [0.2, 0.25) is 0 Å². The van der Waals surface area contributed by atoms with Gasteiger partial charge >= 0.3 is 0 Å². The summed E-state index contributed by atoms with van der Waals surface area (Å²) in [5.74, 6) is 1.44. The normalized spacial score (nSPS) is 14.7. The van der Waals surface area contributed by atoms with Crippen molar-refractivity contribution in [3.63, 3.8) is 0 Å². The van der Waals surface area contributed by atoms with Crippen molar-refractivity contribution >= 4 is 43.8 Å². The third-order valence-corrected chi connectivity index (χ3v) is 8.29. The van der Waals surface area contributed by atoms with Crippen molar-refractivity contribution in [1.82, 2.24) is 28.7 Å². The van der Waals surface area contributed by atoms with Crippen molar-refractivity contribution in [3.05, 3.63) is 54.4 Å². The Balaban J connectivity index is 1.48. The lowest BCUT2D eigenvalue weighted by Gasteiger charge is -2.10. The Bertz CT molecular complexity index is 1660. The van der Waals surface area contributed by atoms with Gasteiger partial charge in [0.15, 0.2) is 5.82 Å². The highest BCUT2D eigenvalue weighted by molar-refractivity contribution is 7.90. The summed E-state index contributed by atoms with van der Waals surface area (Å²) in [5.41, 5.74) is 10.1. The average molecular weight is 520 g/mol. The van der Waals surface area contributed by atoms with Crippen LogP contribution in [0.2, 0.25) is 0 Å². The molecule has 0 atom stereocenters. The first kappa shape index (κ1) is 24.6. The predicted octanol–water partition coefficient (Wildman–Crippen LogP) is 4.08. The average Bonchev–Trinajstić information content (AvgIpc) is 3.47. The van der Waals surface area contributed by atoms with E-state index in [-0.39, 0.29) is 11.3 Å². The lowest BCUT2D eigenvalue weighted by Crippen LogP contribution is -2.17. The van der Waals surface area contributed by atoms with Gasteiger partial charge in [-0.25, -0.2) is 23.4 Å². The van der Waals surface area contributed by atoms with E-state index in [9.17, 15) is 8.42 Å². The smallest absolute Gasteiger partial charge is 0.256 e. The van der Waals surface area contributed by atoms with Crippen LogP contribution in [0, 0.1) is 5.41 Å². The zero-order valence-corrected chi connectivity index (χ0v) is 21.9. The summed E-state index contributed by atoms with van der Waals surface area (Å²) in [5, 5.41) is 16.0. The van der Waals surface area contributed by atoms with Crippen molar-refractivity contribution in [3.8, 4) is 11.4 Å². The summed E-state index contributed by atoms with van der Waals surface area (Å²) in [7, 11) is -3.46. The van der Waals surface area contributed by atoms with E-state index in [1.54, 1.807) is 32.3 Å². The molecule has 0 saturated heterocycles. The minimum absolute atomic E-state index is 0.172. The summed E-state index contributed by atoms with van der Waals surface area (Å²) < 4.78 is 28.1. The van der Waals surface area contributed by atoms with E-state index in [0.717, 1.165) is 20.6 Å². The summed E-state index contributed by atoms with van der Waals surface area (Å²) in [6.07, 6.45) is 9.61. The summed E-state index contributed by atoms with van der Waals surface area (Å²) >= 11 is 0. The third-order valence-electron chi connectivity index (χ3n) is 6.25. The van der Waals surface area contributed by atoms with Crippen LogP contribution in [0.5, 0.6) is 0 Å². The van der Waals surface area contributed by atoms with Crippen LogP contribution in [0.3, 0.4) is 0 Å². The Morgan fingerprint density at radius 1 is 1.16 bits per heavy atom. The quantitative estimate of drug-likeness (QED) is 0.294. The fourth-order valence-corrected chi connectivity index (χ4v) is 5.80. The molecule has 0 radical (unpaired) electrons. The molecule has 0 aliphatic heterocycles. The first-order valence-corrected chi connectivity index (χ1v) is 13.5. The molecule has 5 rings (SSSR count). The number of nitrogens with zero attached hydrogens (tertiary/aromatic N) is 6. The Morgan fingerprint density at radius 2 is 1.92 bits per heavy atom. The van der Waals surface area contributed by atoms with Gasteiger partial charge in [0, 0.05) is 58.6 Å². The van der Waals surface area contributed by atoms with Gasteiger partial charge in [-0.15, -0.1) is 0 Å². The van der Waals surface area contributed by atoms with Gasteiger partial charge in [-0.3, -0.25) is 0 Å². The summed E-state index contributed by atoms with van der Waals surface area (Å²) in [6, 6.07) is 3.82. The maximum absolute atomic E-state index is 12.5. The maximum atomic E-state index is 12.5. The largest absolute Gasteiger partial charge is 0.402 e. The molecule has 0 spiro atoms. The van der Waals surface area contributed by atoms with Crippen LogP contribution in [-0.2, 0) is 10.0 Å². The second-order valence-corrected chi connectivity index (χ2v) is 11.6. The van der Waals surface area contributed by atoms with Gasteiger partial charge in [-0.2, -0.15) is 9.19 Å². The Morgan fingerprint density at radius 3 is 2.57 bits per heavy atom. The molecular formula is C25H29N9O2S. The molecule has 1 fully saturated rings. The second kappa shape index (κ2) is 9.11. The minimum Gasteiger partial charge on any atom is -0.402 e. The van der Waals surface area contributed by atoms with Crippen LogP contribution in [0.15, 0.2) is 48.8 Å². The van der Waals surface area contributed by atoms with Crippen molar-refractivity contribution in [2.45, 2.75) is 51.8 Å². The lowest BCUT2D eigenvalue weighted by molar-refractivity contribution is 0.578. The zero-order chi connectivity index (χ0) is 26.5. The van der Waals surface area contributed by atoms with Crippen molar-refractivity contribution in [2.75, 3.05) is 5.32 Å². The standard InChI is InChI=1S/C25H29N9O2S/c1-14(2)33-13-20(24(15(3)26)16(4)27)19-11-29-23(9-21(19)33)31-22-7-8-28-25(32-22)17-10-30-34(12-17)37(35,36)18-5-6-18/h7-14,18,26H,5-6,27H2,1-4H3,(H,28,29,31,32)/b24-16+,26-15?. The Hall–Kier alpha value is -4.06. The van der Waals surface area contributed by atoms with Gasteiger partial charge in [0.25, 0.3) is 10.0 Å². The molecule has 11 nitrogen and oxygen atoms in total. The fourth-order valence-electron chi connectivity index (χ4n) is 4.33. The van der Waals surface area contributed by atoms with E-state index in [0.29, 0.717) is 52.8 Å². The number of rotatable bonds is 8. The molecule has 0 bridgehead atoms. The fraction of sp³-hybridized carbons (Fsp3) is 0.320. The van der Waals surface area contributed by atoms with Crippen LogP contribution >= 0.6 is 0 Å². The molecule has 1 aliphatic rings. The number of nitrogens with one attached hydrogen (secondary N) is 2. The molecule has 4 aromatic rings. The molecule has 0 unspecified atom stereocenters. The third kappa shape index (κ3) is 4.59. The molecule has 12 heteroatoms. The number of hydrogen-bond acceptors (Lipinski definition) is 9. The van der Waals surface area contributed by atoms with Crippen LogP contribution in [0.4, 0.5) is 11.6 Å². The van der Waals surface area contributed by atoms with Gasteiger partial charge in [0.1, 0.15) is 11.6 Å². The molecule has 37 heavy (non-hydrogen) atoms. The SMILES string of the molecule is CC(=N)/C(=C(/C)N)c1cn(C(C)C)c2cc(Nc3ccnc(-c4cnn(S(=O)(=O)C5CC5)c4)n3)ncc12. The van der Waals surface area contributed by atoms with Crippen molar-refractivity contribution in [2.24, 2.45) is 5.73 Å². The molecule has 4 heterocycles. The zero-order valence-electron chi connectivity index (χ0n) is 21.1. The van der Waals surface area contributed by atoms with Crippen molar-refractivity contribution < 1.29 is 8.42 Å². The van der Waals surface area contributed by atoms with E-state index < -0.39 is 10.0 Å². The number of nitrogens with two attached hydrogens (primary N) is 1. The van der Waals surface area contributed by atoms with E-state index in [1.165, 1.54) is 12.4 Å². The van der Waals surface area contributed by atoms with Gasteiger partial charge < -0.3 is 21.0 Å². The first-order valence-electron chi connectivity index (χ1n) is 12.0. The highest BCUT2D eigenvalue weighted by atomic mass is 32.2. The molecule has 4 aromatic heterocycles. The summed E-state index contributed by atoms with van der Waals surface area (Å²) in [4.78, 5) is 13.4. The molecule has 0 aromatic carbocycles. The molecule has 4 N–H and O–H groups in total. The summed E-state index contributed by atoms with van der Waals surface area (Å²) in [6.45, 7) is 7.71. The van der Waals surface area contributed by atoms with E-state index >= 15 is 0 Å². The predicted molar refractivity (Wildman–Crippen MR) is 144 cm³/mol. The van der Waals surface area contributed by atoms with E-state index in [1.807, 2.05) is 12.3 Å². The second-order valence-electron chi connectivity index (χ2n) is 9.55. The maximum Gasteiger partial charge on any atom is 0.256 e. The van der Waals surface area contributed by atoms with Crippen LogP contribution in [0.1, 0.15) is 52.1 Å². The lowest BCUT2D eigenvalue weighted by atomic mass is 10.0. The Kier molecular flexibility index (Phi) is 6.06. The number of pyridine rings is 1. The molecule has 192 valence electrons. The highest BCUT2D eigenvalue weighted by Crippen LogP contribution is 2.33. The number of hydrogen-bond donors (Lipinski definition) is 3. The first-order chi connectivity index (χ1) is 17.6. The van der Waals surface area contributed by atoms with Gasteiger partial charge in [-0.1, -0.05) is 0 Å². The van der Waals surface area contributed by atoms with Crippen LogP contribution < -0.4 is 11.1 Å². The van der Waals surface area contributed by atoms with Gasteiger partial charge in [0.05, 0.1) is 28.7 Å². The number of allylic oxidation sites excluding steroid dienone is 2. The van der Waals surface area contributed by atoms with Crippen LogP contribution in [-0.4, -0.2) is 48.1 Å². The number of aromatic nitrogens is 6. The van der Waals surface area contributed by atoms with Gasteiger partial charge in [-0.05, 0) is 46.6 Å². The van der Waals surface area contributed by atoms with E-state index in [4.69, 9.17) is 11.1 Å². The molecule has 0 amide bonds. The molecule has 1 aliphatic carbocycles. The highest BCUT2D eigenvalue weighted by Gasteiger charge is 2.37. The molecular weight excluding hydrogens is 490 g/mol. The number of fused-ring (bicyclic) bond motifs is 1. The minimum atomic E-state index is -3.46. The topological polar surface area (TPSA) is 157 Å². The monoisotopic (exact) mass is 519 g/mol. The molecule has 1 saturated carbocycles. The van der Waals surface area contributed by atoms with E-state index in [2.05, 4.69) is 43.8 Å².